The smallest absolute Gasteiger partial charge is 0.337 e. The van der Waals surface area contributed by atoms with Crippen LogP contribution in [0.1, 0.15) is 36.6 Å². The van der Waals surface area contributed by atoms with Crippen molar-refractivity contribution in [3.63, 3.8) is 0 Å². The molecule has 0 saturated carbocycles. The van der Waals surface area contributed by atoms with Gasteiger partial charge in [-0.15, -0.1) is 0 Å². The first kappa shape index (κ1) is 35.1. The molecule has 0 saturated heterocycles. The van der Waals surface area contributed by atoms with Gasteiger partial charge < -0.3 is 39.4 Å². The molecule has 12 nitrogen and oxygen atoms in total. The summed E-state index contributed by atoms with van der Waals surface area (Å²) >= 11 is 4.45. The fourth-order valence-corrected chi connectivity index (χ4v) is 5.65. The topological polar surface area (TPSA) is 149 Å². The first-order chi connectivity index (χ1) is 22.1. The summed E-state index contributed by atoms with van der Waals surface area (Å²) in [5, 5.41) is 20.0. The van der Waals surface area contributed by atoms with Gasteiger partial charge in [0.15, 0.2) is 29.2 Å². The highest BCUT2D eigenvalue weighted by molar-refractivity contribution is 14.1. The van der Waals surface area contributed by atoms with E-state index in [1.807, 2.05) is 37.3 Å². The normalized spacial score (nSPS) is 15.1. The highest BCUT2D eigenvalue weighted by Gasteiger charge is 2.32. The summed E-state index contributed by atoms with van der Waals surface area (Å²) in [4.78, 5) is 24.6. The number of hydrogen-bond donors (Lipinski definition) is 4. The zero-order valence-electron chi connectivity index (χ0n) is 25.6. The van der Waals surface area contributed by atoms with E-state index in [-0.39, 0.29) is 12.2 Å². The molecule has 0 aromatic heterocycles. The number of aliphatic hydroxyl groups is 1. The molecular weight excluding hydrogens is 822 g/mol. The van der Waals surface area contributed by atoms with Gasteiger partial charge in [-0.05, 0) is 112 Å². The van der Waals surface area contributed by atoms with E-state index in [1.54, 1.807) is 44.5 Å². The van der Waals surface area contributed by atoms with Gasteiger partial charge in [0, 0.05) is 9.27 Å². The molecule has 0 radical (unpaired) electrons. The Kier molecular flexibility index (Phi) is 12.7. The molecule has 3 aromatic rings. The molecule has 0 bridgehead atoms. The summed E-state index contributed by atoms with van der Waals surface area (Å²) in [5.74, 6) is 1.35. The lowest BCUT2D eigenvalue weighted by molar-refractivity contribution is -0.136. The number of nitrogens with one attached hydrogen (secondary N) is 3. The van der Waals surface area contributed by atoms with Gasteiger partial charge in [0.05, 0.1) is 42.2 Å². The van der Waals surface area contributed by atoms with Crippen molar-refractivity contribution >= 4 is 63.4 Å². The Balaban J connectivity index is 1.38. The maximum Gasteiger partial charge on any atom is 0.337 e. The van der Waals surface area contributed by atoms with Crippen LogP contribution in [-0.4, -0.2) is 57.0 Å². The van der Waals surface area contributed by atoms with Crippen molar-refractivity contribution in [2.24, 2.45) is 5.10 Å². The quantitative estimate of drug-likeness (QED) is 0.0578. The molecular formula is C32H34I2N4O8. The van der Waals surface area contributed by atoms with E-state index < -0.39 is 24.3 Å². The van der Waals surface area contributed by atoms with Crippen LogP contribution in [-0.2, 0) is 16.1 Å². The highest BCUT2D eigenvalue weighted by Crippen LogP contribution is 2.36. The predicted molar refractivity (Wildman–Crippen MR) is 188 cm³/mol. The first-order valence-electron chi connectivity index (χ1n) is 14.1. The molecule has 1 heterocycles. The Bertz CT molecular complexity index is 1610. The SMILES string of the molecule is CCOc1cc([C@H]2NC(=O)NC(C)=C2C(=O)OC)ccc1OC[C@H](O)N/N=C\c1cc(I)c(OCc2ccc(I)cc2)c(OC)c1. The molecule has 244 valence electrons. The van der Waals surface area contributed by atoms with Gasteiger partial charge in [-0.25, -0.2) is 9.59 Å². The summed E-state index contributed by atoms with van der Waals surface area (Å²) in [6.07, 6.45) is 0.405. The van der Waals surface area contributed by atoms with Gasteiger partial charge in [-0.1, -0.05) is 18.2 Å². The van der Waals surface area contributed by atoms with Crippen LogP contribution in [0.5, 0.6) is 23.0 Å². The number of allylic oxidation sites excluding steroid dienone is 1. The van der Waals surface area contributed by atoms with E-state index in [0.29, 0.717) is 47.5 Å². The van der Waals surface area contributed by atoms with Crippen molar-refractivity contribution in [2.45, 2.75) is 32.7 Å². The molecule has 14 heteroatoms. The predicted octanol–water partition coefficient (Wildman–Crippen LogP) is 5.00. The lowest BCUT2D eigenvalue weighted by atomic mass is 9.95. The highest BCUT2D eigenvalue weighted by atomic mass is 127. The number of hydrazone groups is 1. The Morgan fingerprint density at radius 2 is 1.80 bits per heavy atom. The Labute approximate surface area is 294 Å². The van der Waals surface area contributed by atoms with Crippen molar-refractivity contribution in [3.8, 4) is 23.0 Å². The number of halogens is 2. The molecule has 3 aromatic carbocycles. The van der Waals surface area contributed by atoms with Crippen LogP contribution in [0.15, 0.2) is 71.0 Å². The average molecular weight is 856 g/mol. The number of methoxy groups -OCH3 is 2. The third-order valence-corrected chi connectivity index (χ3v) is 8.18. The van der Waals surface area contributed by atoms with Crippen molar-refractivity contribution < 1.29 is 38.4 Å². The van der Waals surface area contributed by atoms with Gasteiger partial charge in [0.1, 0.15) is 13.2 Å². The van der Waals surface area contributed by atoms with Crippen molar-refractivity contribution in [1.29, 1.82) is 0 Å². The van der Waals surface area contributed by atoms with E-state index in [2.05, 4.69) is 66.3 Å². The molecule has 2 atom stereocenters. The maximum absolute atomic E-state index is 12.5. The van der Waals surface area contributed by atoms with Crippen LogP contribution in [0.3, 0.4) is 0 Å². The molecule has 0 spiro atoms. The summed E-state index contributed by atoms with van der Waals surface area (Å²) in [6.45, 7) is 4.03. The minimum atomic E-state index is -1.15. The third-order valence-electron chi connectivity index (χ3n) is 6.66. The Hall–Kier alpha value is -3.77. The minimum absolute atomic E-state index is 0.153. The Morgan fingerprint density at radius 1 is 1.04 bits per heavy atom. The number of esters is 1. The van der Waals surface area contributed by atoms with E-state index >= 15 is 0 Å². The van der Waals surface area contributed by atoms with Gasteiger partial charge in [0.2, 0.25) is 0 Å². The summed E-state index contributed by atoms with van der Waals surface area (Å²) in [7, 11) is 2.85. The van der Waals surface area contributed by atoms with Crippen molar-refractivity contribution in [3.05, 3.63) is 89.7 Å². The molecule has 1 aliphatic heterocycles. The van der Waals surface area contributed by atoms with Crippen LogP contribution >= 0.6 is 45.2 Å². The zero-order valence-corrected chi connectivity index (χ0v) is 29.9. The molecule has 46 heavy (non-hydrogen) atoms. The molecule has 1 aliphatic rings. The van der Waals surface area contributed by atoms with Gasteiger partial charge in [0.25, 0.3) is 0 Å². The number of amides is 2. The van der Waals surface area contributed by atoms with Crippen LogP contribution in [0.4, 0.5) is 4.79 Å². The third kappa shape index (κ3) is 9.16. The lowest BCUT2D eigenvalue weighted by Crippen LogP contribution is -2.45. The fourth-order valence-electron chi connectivity index (χ4n) is 4.51. The second kappa shape index (κ2) is 16.7. The van der Waals surface area contributed by atoms with Crippen LogP contribution in [0.2, 0.25) is 0 Å². The second-order valence-electron chi connectivity index (χ2n) is 9.86. The van der Waals surface area contributed by atoms with Crippen molar-refractivity contribution in [1.82, 2.24) is 16.1 Å². The van der Waals surface area contributed by atoms with Gasteiger partial charge >= 0.3 is 12.0 Å². The molecule has 0 unspecified atom stereocenters. The second-order valence-corrected chi connectivity index (χ2v) is 12.3. The van der Waals surface area contributed by atoms with Crippen LogP contribution in [0.25, 0.3) is 0 Å². The molecule has 4 rings (SSSR count). The van der Waals surface area contributed by atoms with E-state index in [0.717, 1.165) is 18.3 Å². The van der Waals surface area contributed by atoms with Gasteiger partial charge in [-0.2, -0.15) is 5.10 Å². The monoisotopic (exact) mass is 856 g/mol. The Morgan fingerprint density at radius 3 is 2.50 bits per heavy atom. The average Bonchev–Trinajstić information content (AvgIpc) is 3.03. The fraction of sp³-hybridized carbons (Fsp3) is 0.281. The van der Waals surface area contributed by atoms with E-state index in [4.69, 9.17) is 23.7 Å². The van der Waals surface area contributed by atoms with Crippen molar-refractivity contribution in [2.75, 3.05) is 27.4 Å². The summed E-state index contributed by atoms with van der Waals surface area (Å²) in [5.41, 5.74) is 5.68. The molecule has 2 amide bonds. The number of carbonyl (C=O) groups excluding carboxylic acids is 2. The number of hydrogen-bond acceptors (Lipinski definition) is 10. The number of ether oxygens (including phenoxy) is 5. The first-order valence-corrected chi connectivity index (χ1v) is 16.3. The largest absolute Gasteiger partial charge is 0.493 e. The summed E-state index contributed by atoms with van der Waals surface area (Å²) < 4.78 is 30.1. The van der Waals surface area contributed by atoms with E-state index in [9.17, 15) is 14.7 Å². The lowest BCUT2D eigenvalue weighted by Gasteiger charge is -2.28. The van der Waals surface area contributed by atoms with Crippen LogP contribution < -0.4 is 35.0 Å². The number of nitrogens with zero attached hydrogens (tertiary/aromatic N) is 1. The zero-order chi connectivity index (χ0) is 33.2. The number of benzene rings is 3. The number of carbonyl (C=O) groups is 2. The molecule has 0 fully saturated rings. The minimum Gasteiger partial charge on any atom is -0.493 e. The number of urea groups is 1. The van der Waals surface area contributed by atoms with Gasteiger partial charge in [-0.3, -0.25) is 5.43 Å². The maximum atomic E-state index is 12.5. The molecule has 4 N–H and O–H groups in total. The van der Waals surface area contributed by atoms with Crippen LogP contribution in [0, 0.1) is 7.14 Å². The number of rotatable bonds is 14. The molecule has 0 aliphatic carbocycles. The van der Waals surface area contributed by atoms with E-state index in [1.165, 1.54) is 7.11 Å². The standard InChI is InChI=1S/C32H34I2N4O8/c1-5-44-25-14-21(29-28(31(40)43-4)18(2)36-32(41)37-29)8-11-24(25)45-17-27(39)38-35-15-20-12-23(34)30(26(13-20)42-3)46-16-19-6-9-22(33)10-7-19/h6-15,27,29,38-39H,5,16-17H2,1-4H3,(H2,36,37,41)/b35-15-/t27-,29+/m0/s1. The summed E-state index contributed by atoms with van der Waals surface area (Å²) in [6, 6.07) is 15.6. The number of aliphatic hydroxyl groups excluding tert-OH is 1.